The Balaban J connectivity index is 1.92. The van der Waals surface area contributed by atoms with E-state index in [1.807, 2.05) is 0 Å². The molecule has 0 aliphatic carbocycles. The van der Waals surface area contributed by atoms with Crippen molar-refractivity contribution in [3.05, 3.63) is 24.3 Å². The molecule has 22 heavy (non-hydrogen) atoms. The molecule has 1 aromatic rings. The van der Waals surface area contributed by atoms with Gasteiger partial charge in [-0.05, 0) is 18.6 Å². The molecule has 5 nitrogen and oxygen atoms in total. The van der Waals surface area contributed by atoms with E-state index in [-0.39, 0.29) is 11.8 Å². The standard InChI is InChI=1S/C15H20F2N2O3/c1-19(8-11-6-7-21-9-11)15(20)18-12-4-2-3-5-13(12)22-10-14(16)17/h2-5,11,14H,6-10H2,1H3,(H,18,20). The van der Waals surface area contributed by atoms with Crippen LogP contribution in [0.4, 0.5) is 19.3 Å². The zero-order valence-corrected chi connectivity index (χ0v) is 12.4. The summed E-state index contributed by atoms with van der Waals surface area (Å²) in [7, 11) is 1.69. The van der Waals surface area contributed by atoms with Crippen molar-refractivity contribution in [3.63, 3.8) is 0 Å². The summed E-state index contributed by atoms with van der Waals surface area (Å²) in [5, 5.41) is 2.68. The quantitative estimate of drug-likeness (QED) is 0.878. The molecular formula is C15H20F2N2O3. The van der Waals surface area contributed by atoms with Crippen LogP contribution in [0.2, 0.25) is 0 Å². The van der Waals surface area contributed by atoms with Crippen molar-refractivity contribution >= 4 is 11.7 Å². The Morgan fingerprint density at radius 2 is 2.27 bits per heavy atom. The van der Waals surface area contributed by atoms with Gasteiger partial charge in [0.05, 0.1) is 12.3 Å². The molecule has 0 aromatic heterocycles. The van der Waals surface area contributed by atoms with Crippen LogP contribution in [-0.2, 0) is 4.74 Å². The monoisotopic (exact) mass is 314 g/mol. The van der Waals surface area contributed by atoms with Gasteiger partial charge in [0.1, 0.15) is 12.4 Å². The van der Waals surface area contributed by atoms with Gasteiger partial charge in [-0.2, -0.15) is 0 Å². The summed E-state index contributed by atoms with van der Waals surface area (Å²) in [6.07, 6.45) is -1.63. The Bertz CT molecular complexity index is 493. The number of urea groups is 1. The molecule has 1 aromatic carbocycles. The molecule has 1 atom stereocenters. The van der Waals surface area contributed by atoms with E-state index < -0.39 is 13.0 Å². The molecule has 1 unspecified atom stereocenters. The van der Waals surface area contributed by atoms with E-state index in [9.17, 15) is 13.6 Å². The third-order valence-corrected chi connectivity index (χ3v) is 3.40. The highest BCUT2D eigenvalue weighted by Crippen LogP contribution is 2.24. The number of rotatable bonds is 6. The normalized spacial score (nSPS) is 17.5. The molecule has 0 saturated carbocycles. The highest BCUT2D eigenvalue weighted by atomic mass is 19.3. The van der Waals surface area contributed by atoms with Crippen LogP contribution in [0.5, 0.6) is 5.75 Å². The fourth-order valence-electron chi connectivity index (χ4n) is 2.26. The van der Waals surface area contributed by atoms with Crippen LogP contribution >= 0.6 is 0 Å². The second-order valence-corrected chi connectivity index (χ2v) is 5.24. The first kappa shape index (κ1) is 16.5. The van der Waals surface area contributed by atoms with Gasteiger partial charge in [-0.3, -0.25) is 0 Å². The zero-order valence-electron chi connectivity index (χ0n) is 12.4. The highest BCUT2D eigenvalue weighted by Gasteiger charge is 2.20. The van der Waals surface area contributed by atoms with E-state index in [4.69, 9.17) is 9.47 Å². The van der Waals surface area contributed by atoms with E-state index in [1.54, 1.807) is 36.2 Å². The Morgan fingerprint density at radius 1 is 1.50 bits per heavy atom. The summed E-state index contributed by atoms with van der Waals surface area (Å²) in [5.74, 6) is 0.565. The number of hydrogen-bond acceptors (Lipinski definition) is 3. The van der Waals surface area contributed by atoms with E-state index in [0.717, 1.165) is 13.0 Å². The van der Waals surface area contributed by atoms with Crippen molar-refractivity contribution in [3.8, 4) is 5.75 Å². The molecule has 1 aliphatic heterocycles. The number of carbonyl (C=O) groups excluding carboxylic acids is 1. The molecule has 0 radical (unpaired) electrons. The van der Waals surface area contributed by atoms with Crippen molar-refractivity contribution < 1.29 is 23.0 Å². The van der Waals surface area contributed by atoms with E-state index in [1.165, 1.54) is 0 Å². The molecule has 122 valence electrons. The molecule has 0 spiro atoms. The first-order chi connectivity index (χ1) is 10.6. The maximum Gasteiger partial charge on any atom is 0.321 e. The summed E-state index contributed by atoms with van der Waals surface area (Å²) in [6, 6.07) is 6.22. The van der Waals surface area contributed by atoms with Crippen LogP contribution in [-0.4, -0.2) is 50.8 Å². The van der Waals surface area contributed by atoms with Crippen LogP contribution in [0.15, 0.2) is 24.3 Å². The fraction of sp³-hybridized carbons (Fsp3) is 0.533. The van der Waals surface area contributed by atoms with Gasteiger partial charge < -0.3 is 19.7 Å². The third kappa shape index (κ3) is 4.84. The lowest BCUT2D eigenvalue weighted by Gasteiger charge is -2.21. The summed E-state index contributed by atoms with van der Waals surface area (Å²) in [5.41, 5.74) is 0.377. The number of nitrogens with zero attached hydrogens (tertiary/aromatic N) is 1. The number of hydrogen-bond donors (Lipinski definition) is 1. The Hall–Kier alpha value is -1.89. The second-order valence-electron chi connectivity index (χ2n) is 5.24. The molecule has 1 saturated heterocycles. The summed E-state index contributed by atoms with van der Waals surface area (Å²) in [4.78, 5) is 13.7. The predicted molar refractivity (Wildman–Crippen MR) is 78.5 cm³/mol. The average Bonchev–Trinajstić information content (AvgIpc) is 2.99. The number of benzene rings is 1. The number of alkyl halides is 2. The lowest BCUT2D eigenvalue weighted by molar-refractivity contribution is 0.0822. The largest absolute Gasteiger partial charge is 0.485 e. The maximum absolute atomic E-state index is 12.2. The van der Waals surface area contributed by atoms with Gasteiger partial charge in [0.25, 0.3) is 6.43 Å². The van der Waals surface area contributed by atoms with Crippen LogP contribution < -0.4 is 10.1 Å². The van der Waals surface area contributed by atoms with Crippen molar-refractivity contribution in [1.29, 1.82) is 0 Å². The molecule has 1 N–H and O–H groups in total. The van der Waals surface area contributed by atoms with Crippen LogP contribution in [0.1, 0.15) is 6.42 Å². The second kappa shape index (κ2) is 7.93. The Labute approximate surface area is 128 Å². The molecule has 0 bridgehead atoms. The van der Waals surface area contributed by atoms with Crippen LogP contribution in [0.25, 0.3) is 0 Å². The Kier molecular flexibility index (Phi) is 5.94. The number of nitrogens with one attached hydrogen (secondary N) is 1. The van der Waals surface area contributed by atoms with Gasteiger partial charge in [-0.15, -0.1) is 0 Å². The van der Waals surface area contributed by atoms with Crippen molar-refractivity contribution in [2.75, 3.05) is 38.7 Å². The first-order valence-electron chi connectivity index (χ1n) is 7.16. The van der Waals surface area contributed by atoms with Gasteiger partial charge >= 0.3 is 6.03 Å². The molecule has 1 fully saturated rings. The number of carbonyl (C=O) groups is 1. The average molecular weight is 314 g/mol. The summed E-state index contributed by atoms with van der Waals surface area (Å²) < 4.78 is 34.8. The van der Waals surface area contributed by atoms with Gasteiger partial charge in [0, 0.05) is 26.1 Å². The molecule has 2 rings (SSSR count). The van der Waals surface area contributed by atoms with Gasteiger partial charge in [-0.1, -0.05) is 12.1 Å². The lowest BCUT2D eigenvalue weighted by Crippen LogP contribution is -2.35. The molecular weight excluding hydrogens is 294 g/mol. The molecule has 7 heteroatoms. The topological polar surface area (TPSA) is 50.8 Å². The van der Waals surface area contributed by atoms with Gasteiger partial charge in [0.15, 0.2) is 0 Å². The number of para-hydroxylation sites is 2. The fourth-order valence-corrected chi connectivity index (χ4v) is 2.26. The van der Waals surface area contributed by atoms with Crippen LogP contribution in [0.3, 0.4) is 0 Å². The third-order valence-electron chi connectivity index (χ3n) is 3.40. The number of halogens is 2. The Morgan fingerprint density at radius 3 is 2.95 bits per heavy atom. The number of ether oxygens (including phenoxy) is 2. The summed E-state index contributed by atoms with van der Waals surface area (Å²) >= 11 is 0. The molecule has 1 heterocycles. The van der Waals surface area contributed by atoms with Crippen molar-refractivity contribution in [2.24, 2.45) is 5.92 Å². The first-order valence-corrected chi connectivity index (χ1v) is 7.16. The number of amides is 2. The van der Waals surface area contributed by atoms with Crippen LogP contribution in [0, 0.1) is 5.92 Å². The zero-order chi connectivity index (χ0) is 15.9. The van der Waals surface area contributed by atoms with Gasteiger partial charge in [-0.25, -0.2) is 13.6 Å². The molecule has 1 aliphatic rings. The van der Waals surface area contributed by atoms with E-state index >= 15 is 0 Å². The molecule has 2 amide bonds. The van der Waals surface area contributed by atoms with Crippen molar-refractivity contribution in [2.45, 2.75) is 12.8 Å². The smallest absolute Gasteiger partial charge is 0.321 e. The van der Waals surface area contributed by atoms with Crippen molar-refractivity contribution in [1.82, 2.24) is 4.90 Å². The van der Waals surface area contributed by atoms with E-state index in [2.05, 4.69) is 5.32 Å². The predicted octanol–water partition coefficient (Wildman–Crippen LogP) is 2.83. The summed E-state index contributed by atoms with van der Waals surface area (Å²) in [6.45, 7) is 1.27. The minimum absolute atomic E-state index is 0.230. The maximum atomic E-state index is 12.2. The minimum Gasteiger partial charge on any atom is -0.485 e. The number of anilines is 1. The van der Waals surface area contributed by atoms with E-state index in [0.29, 0.717) is 24.8 Å². The van der Waals surface area contributed by atoms with Gasteiger partial charge in [0.2, 0.25) is 0 Å². The minimum atomic E-state index is -2.56. The highest BCUT2D eigenvalue weighted by molar-refractivity contribution is 5.90. The SMILES string of the molecule is CN(CC1CCOC1)C(=O)Nc1ccccc1OCC(F)F. The lowest BCUT2D eigenvalue weighted by atomic mass is 10.1.